The molecular formula is C31H32F3N5O7S. The van der Waals surface area contributed by atoms with Gasteiger partial charge in [0.05, 0.1) is 27.6 Å². The first-order valence-corrected chi connectivity index (χ1v) is 15.9. The van der Waals surface area contributed by atoms with E-state index in [1.165, 1.54) is 16.7 Å². The minimum atomic E-state index is -5.00. The number of rotatable bonds is 10. The first kappa shape index (κ1) is 34.9. The molecule has 47 heavy (non-hydrogen) atoms. The highest BCUT2D eigenvalue weighted by atomic mass is 32.2. The maximum absolute atomic E-state index is 13.9. The Bertz CT molecular complexity index is 1960. The van der Waals surface area contributed by atoms with Gasteiger partial charge in [-0.25, -0.2) is 22.7 Å². The number of nitro groups is 1. The molecule has 0 saturated carbocycles. The summed E-state index contributed by atoms with van der Waals surface area (Å²) in [6, 6.07) is 14.6. The average Bonchev–Trinajstić information content (AvgIpc) is 3.28. The van der Waals surface area contributed by atoms with E-state index in [1.54, 1.807) is 57.2 Å². The molecule has 0 spiro atoms. The molecule has 0 atom stereocenters. The van der Waals surface area contributed by atoms with Gasteiger partial charge >= 0.3 is 18.0 Å². The predicted octanol–water partition coefficient (Wildman–Crippen LogP) is 6.23. The summed E-state index contributed by atoms with van der Waals surface area (Å²) in [5.41, 5.74) is -3.29. The molecule has 1 aromatic heterocycles. The van der Waals surface area contributed by atoms with Crippen molar-refractivity contribution in [3.8, 4) is 16.8 Å². The molecule has 1 N–H and O–H groups in total. The number of carbonyl (C=O) groups is 1. The summed E-state index contributed by atoms with van der Waals surface area (Å²) in [7, 11) is -4.33. The molecule has 250 valence electrons. The molecule has 1 amide bonds. The van der Waals surface area contributed by atoms with Crippen molar-refractivity contribution in [1.82, 2.24) is 19.1 Å². The van der Waals surface area contributed by atoms with E-state index in [-0.39, 0.29) is 29.2 Å². The monoisotopic (exact) mass is 675 g/mol. The van der Waals surface area contributed by atoms with Crippen LogP contribution in [0.3, 0.4) is 0 Å². The number of non-ortho nitro benzene ring substituents is 1. The molecule has 0 fully saturated rings. The Kier molecular flexibility index (Phi) is 9.94. The van der Waals surface area contributed by atoms with Crippen LogP contribution < -0.4 is 10.4 Å². The number of hydrogen-bond acceptors (Lipinski definition) is 8. The fraction of sp³-hybridized carbons (Fsp3) is 0.323. The smallest absolute Gasteiger partial charge is 0.421 e. The van der Waals surface area contributed by atoms with Crippen LogP contribution in [0.25, 0.3) is 16.8 Å². The molecule has 0 saturated heterocycles. The van der Waals surface area contributed by atoms with Crippen molar-refractivity contribution >= 4 is 21.8 Å². The number of hydrogen-bond donors (Lipinski definition) is 1. The van der Waals surface area contributed by atoms with E-state index >= 15 is 0 Å². The molecule has 1 heterocycles. The Hall–Kier alpha value is -4.99. The quantitative estimate of drug-likeness (QED) is 0.153. The Morgan fingerprint density at radius 3 is 2.30 bits per heavy atom. The number of nitrogens with one attached hydrogen (secondary N) is 1. The zero-order chi connectivity index (χ0) is 34.7. The number of benzene rings is 3. The van der Waals surface area contributed by atoms with Crippen LogP contribution >= 0.6 is 0 Å². The number of nitro benzene ring substituents is 1. The van der Waals surface area contributed by atoms with Gasteiger partial charge in [0.2, 0.25) is 0 Å². The number of aromatic nitrogens is 3. The van der Waals surface area contributed by atoms with Crippen molar-refractivity contribution in [2.45, 2.75) is 70.2 Å². The lowest BCUT2D eigenvalue weighted by Gasteiger charge is -2.20. The van der Waals surface area contributed by atoms with Crippen molar-refractivity contribution in [3.63, 3.8) is 0 Å². The maximum atomic E-state index is 13.9. The Morgan fingerprint density at radius 1 is 1.04 bits per heavy atom. The lowest BCUT2D eigenvalue weighted by Crippen LogP contribution is -2.36. The number of ether oxygens (including phenoxy) is 1. The fourth-order valence-corrected chi connectivity index (χ4v) is 5.80. The van der Waals surface area contributed by atoms with Gasteiger partial charge in [0.25, 0.3) is 15.7 Å². The molecule has 16 heteroatoms. The molecule has 4 aromatic rings. The average molecular weight is 676 g/mol. The third-order valence-electron chi connectivity index (χ3n) is 6.82. The number of nitrogens with zero attached hydrogens (tertiary/aromatic N) is 4. The largest absolute Gasteiger partial charge is 0.443 e. The first-order chi connectivity index (χ1) is 21.9. The van der Waals surface area contributed by atoms with E-state index in [4.69, 9.17) is 4.74 Å². The molecule has 4 rings (SSSR count). The Labute approximate surface area is 268 Å². The van der Waals surface area contributed by atoms with Gasteiger partial charge in [-0.2, -0.15) is 17.9 Å². The molecule has 0 aliphatic carbocycles. The van der Waals surface area contributed by atoms with Crippen LogP contribution in [0.5, 0.6) is 0 Å². The zero-order valence-corrected chi connectivity index (χ0v) is 26.7. The molecule has 12 nitrogen and oxygen atoms in total. The minimum Gasteiger partial charge on any atom is -0.443 e. The van der Waals surface area contributed by atoms with Crippen molar-refractivity contribution in [2.24, 2.45) is 0 Å². The van der Waals surface area contributed by atoms with E-state index in [0.29, 0.717) is 34.7 Å². The predicted molar refractivity (Wildman–Crippen MR) is 166 cm³/mol. The molecule has 3 aromatic carbocycles. The number of unbranched alkanes of at least 4 members (excludes halogenated alkanes) is 1. The summed E-state index contributed by atoms with van der Waals surface area (Å²) in [5.74, 6) is 0.220. The van der Waals surface area contributed by atoms with Crippen molar-refractivity contribution in [3.05, 3.63) is 104 Å². The summed E-state index contributed by atoms with van der Waals surface area (Å²) in [5, 5.41) is 15.3. The van der Waals surface area contributed by atoms with E-state index < -0.39 is 55.4 Å². The first-order valence-electron chi connectivity index (χ1n) is 14.4. The van der Waals surface area contributed by atoms with Gasteiger partial charge in [0.15, 0.2) is 0 Å². The molecule has 0 unspecified atom stereocenters. The van der Waals surface area contributed by atoms with E-state index in [2.05, 4.69) is 5.10 Å². The highest BCUT2D eigenvalue weighted by Gasteiger charge is 2.37. The van der Waals surface area contributed by atoms with Gasteiger partial charge < -0.3 is 4.74 Å². The highest BCUT2D eigenvalue weighted by molar-refractivity contribution is 7.90. The van der Waals surface area contributed by atoms with Gasteiger partial charge in [-0.05, 0) is 50.5 Å². The third-order valence-corrected chi connectivity index (χ3v) is 8.19. The summed E-state index contributed by atoms with van der Waals surface area (Å²) in [4.78, 5) is 35.7. The van der Waals surface area contributed by atoms with Gasteiger partial charge in [0.1, 0.15) is 11.4 Å². The van der Waals surface area contributed by atoms with Crippen LogP contribution in [0.2, 0.25) is 0 Å². The highest BCUT2D eigenvalue weighted by Crippen LogP contribution is 2.36. The van der Waals surface area contributed by atoms with Gasteiger partial charge in [-0.3, -0.25) is 14.7 Å². The van der Waals surface area contributed by atoms with Gasteiger partial charge in [0, 0.05) is 24.1 Å². The number of sulfonamides is 1. The summed E-state index contributed by atoms with van der Waals surface area (Å²) >= 11 is 0. The number of aryl methyl sites for hydroxylation is 1. The molecule has 0 aliphatic heterocycles. The zero-order valence-electron chi connectivity index (χ0n) is 25.9. The second kappa shape index (κ2) is 13.4. The van der Waals surface area contributed by atoms with Gasteiger partial charge in [-0.15, -0.1) is 5.10 Å². The second-order valence-corrected chi connectivity index (χ2v) is 13.2. The lowest BCUT2D eigenvalue weighted by atomic mass is 10.0. The van der Waals surface area contributed by atoms with Crippen molar-refractivity contribution in [1.29, 1.82) is 0 Å². The summed E-state index contributed by atoms with van der Waals surface area (Å²) < 4.78 is 76.8. The van der Waals surface area contributed by atoms with E-state index in [1.807, 2.05) is 11.6 Å². The fourth-order valence-electron chi connectivity index (χ4n) is 4.70. The van der Waals surface area contributed by atoms with Crippen molar-refractivity contribution < 1.29 is 36.0 Å². The maximum Gasteiger partial charge on any atom is 0.421 e. The molecular weight excluding hydrogens is 643 g/mol. The minimum absolute atomic E-state index is 0.0767. The van der Waals surface area contributed by atoms with Crippen LogP contribution in [-0.2, 0) is 33.9 Å². The molecule has 0 aliphatic rings. The number of amides is 1. The van der Waals surface area contributed by atoms with Crippen molar-refractivity contribution in [2.75, 3.05) is 0 Å². The van der Waals surface area contributed by atoms with Crippen LogP contribution in [-0.4, -0.2) is 39.4 Å². The normalized spacial score (nSPS) is 12.1. The topological polar surface area (TPSA) is 155 Å². The van der Waals surface area contributed by atoms with Gasteiger partial charge in [-0.1, -0.05) is 55.8 Å². The third kappa shape index (κ3) is 8.24. The van der Waals surface area contributed by atoms with E-state index in [9.17, 15) is 41.3 Å². The van der Waals surface area contributed by atoms with Crippen LogP contribution in [0.4, 0.5) is 23.7 Å². The number of carbonyl (C=O) groups excluding carboxylic acids is 1. The lowest BCUT2D eigenvalue weighted by molar-refractivity contribution is -0.385. The van der Waals surface area contributed by atoms with Crippen LogP contribution in [0.15, 0.2) is 76.4 Å². The number of alkyl halides is 3. The van der Waals surface area contributed by atoms with Crippen LogP contribution in [0, 0.1) is 10.1 Å². The molecule has 0 bridgehead atoms. The number of halogens is 3. The Morgan fingerprint density at radius 2 is 1.70 bits per heavy atom. The standard InChI is InChI=1S/C31H32F3N5O7S/c1-5-6-11-27-35-38(25-17-16-22(39(42)43)18-24(25)31(32,33)34)29(41)37(27)19-20-12-14-21(15-13-20)23-9-7-8-10-26(23)47(44,45)36-28(40)46-30(2,3)4/h7-10,12-18H,5-6,11,19H2,1-4H3,(H,36,40). The SMILES string of the molecule is CCCCc1nn(-c2ccc([N+](=O)[O-])cc2C(F)(F)F)c(=O)n1Cc1ccc(-c2ccccc2S(=O)(=O)NC(=O)OC(C)(C)C)cc1. The second-order valence-electron chi connectivity index (χ2n) is 11.6. The summed E-state index contributed by atoms with van der Waals surface area (Å²) in [6.45, 7) is 6.60. The van der Waals surface area contributed by atoms with Crippen LogP contribution in [0.1, 0.15) is 57.5 Å². The molecule has 0 radical (unpaired) electrons. The summed E-state index contributed by atoms with van der Waals surface area (Å²) in [6.07, 6.45) is -4.56. The Balaban J connectivity index is 1.70. The van der Waals surface area contributed by atoms with E-state index in [0.717, 1.165) is 12.1 Å².